The van der Waals surface area contributed by atoms with Crippen molar-refractivity contribution >= 4 is 17.7 Å². The van der Waals surface area contributed by atoms with Crippen LogP contribution in [0.4, 0.5) is 0 Å². The molecule has 1 aliphatic rings. The van der Waals surface area contributed by atoms with E-state index >= 15 is 0 Å². The lowest BCUT2D eigenvalue weighted by Gasteiger charge is -2.18. The molecule has 1 fully saturated rings. The van der Waals surface area contributed by atoms with Crippen molar-refractivity contribution in [2.45, 2.75) is 57.4 Å². The minimum absolute atomic E-state index is 0.346. The second-order valence-electron chi connectivity index (χ2n) is 6.32. The van der Waals surface area contributed by atoms with Gasteiger partial charge in [0.1, 0.15) is 0 Å². The SMILES string of the molecule is CCNC(=NCC(O)COCC(C)C)NC1CCC(SC)C1. The molecule has 0 saturated heterocycles. The maximum Gasteiger partial charge on any atom is 0.191 e. The first-order valence-electron chi connectivity index (χ1n) is 8.38. The van der Waals surface area contributed by atoms with Crippen LogP contribution >= 0.6 is 11.8 Å². The fraction of sp³-hybridized carbons (Fsp3) is 0.938. The van der Waals surface area contributed by atoms with E-state index < -0.39 is 6.10 Å². The zero-order valence-corrected chi connectivity index (χ0v) is 15.3. The van der Waals surface area contributed by atoms with Crippen LogP contribution in [0.2, 0.25) is 0 Å². The van der Waals surface area contributed by atoms with Crippen molar-refractivity contribution in [2.75, 3.05) is 32.6 Å². The number of ether oxygens (including phenoxy) is 1. The fourth-order valence-electron chi connectivity index (χ4n) is 2.49. The molecule has 3 unspecified atom stereocenters. The Hall–Kier alpha value is -0.460. The van der Waals surface area contributed by atoms with E-state index in [-0.39, 0.29) is 0 Å². The Kier molecular flexibility index (Phi) is 9.91. The van der Waals surface area contributed by atoms with Crippen molar-refractivity contribution in [3.05, 3.63) is 0 Å². The summed E-state index contributed by atoms with van der Waals surface area (Å²) in [6.45, 7) is 8.47. The van der Waals surface area contributed by atoms with Gasteiger partial charge in [-0.3, -0.25) is 4.99 Å². The van der Waals surface area contributed by atoms with Crippen molar-refractivity contribution in [2.24, 2.45) is 10.9 Å². The van der Waals surface area contributed by atoms with Crippen LogP contribution in [-0.4, -0.2) is 61.0 Å². The Labute approximate surface area is 139 Å². The maximum absolute atomic E-state index is 9.93. The van der Waals surface area contributed by atoms with E-state index in [9.17, 15) is 5.11 Å². The van der Waals surface area contributed by atoms with Gasteiger partial charge in [-0.1, -0.05) is 13.8 Å². The van der Waals surface area contributed by atoms with Crippen molar-refractivity contribution in [1.82, 2.24) is 10.6 Å². The topological polar surface area (TPSA) is 65.9 Å². The summed E-state index contributed by atoms with van der Waals surface area (Å²) in [6, 6.07) is 0.490. The first-order valence-corrected chi connectivity index (χ1v) is 9.67. The molecule has 3 N–H and O–H groups in total. The lowest BCUT2D eigenvalue weighted by Crippen LogP contribution is -2.43. The number of aliphatic hydroxyl groups excluding tert-OH is 1. The summed E-state index contributed by atoms with van der Waals surface area (Å²) >= 11 is 1.95. The van der Waals surface area contributed by atoms with Crippen LogP contribution in [0.5, 0.6) is 0 Å². The van der Waals surface area contributed by atoms with E-state index in [1.165, 1.54) is 19.3 Å². The van der Waals surface area contributed by atoms with Gasteiger partial charge < -0.3 is 20.5 Å². The maximum atomic E-state index is 9.93. The molecule has 0 bridgehead atoms. The van der Waals surface area contributed by atoms with E-state index in [0.29, 0.717) is 31.7 Å². The Morgan fingerprint density at radius 2 is 2.14 bits per heavy atom. The molecule has 1 aliphatic carbocycles. The van der Waals surface area contributed by atoms with E-state index in [1.54, 1.807) is 0 Å². The highest BCUT2D eigenvalue weighted by Gasteiger charge is 2.24. The van der Waals surface area contributed by atoms with Gasteiger partial charge in [-0.25, -0.2) is 0 Å². The van der Waals surface area contributed by atoms with Crippen molar-refractivity contribution in [1.29, 1.82) is 0 Å². The smallest absolute Gasteiger partial charge is 0.191 e. The molecule has 0 amide bonds. The van der Waals surface area contributed by atoms with Gasteiger partial charge in [0.2, 0.25) is 0 Å². The second kappa shape index (κ2) is 11.1. The van der Waals surface area contributed by atoms with Crippen LogP contribution < -0.4 is 10.6 Å². The minimum atomic E-state index is -0.545. The molecule has 130 valence electrons. The Morgan fingerprint density at radius 3 is 2.73 bits per heavy atom. The van der Waals surface area contributed by atoms with Gasteiger partial charge in [0.05, 0.1) is 19.3 Å². The zero-order chi connectivity index (χ0) is 16.4. The Balaban J connectivity index is 2.34. The predicted octanol–water partition coefficient (Wildman–Crippen LogP) is 1.86. The number of rotatable bonds is 9. The number of aliphatic hydroxyl groups is 1. The summed E-state index contributed by atoms with van der Waals surface area (Å²) in [4.78, 5) is 4.48. The van der Waals surface area contributed by atoms with Crippen molar-refractivity contribution in [3.63, 3.8) is 0 Å². The molecular weight excluding hydrogens is 298 g/mol. The molecule has 6 heteroatoms. The standard InChI is InChI=1S/C16H33N3O2S/c1-5-17-16(19-13-6-7-15(8-13)22-4)18-9-14(20)11-21-10-12(2)3/h12-15,20H,5-11H2,1-4H3,(H2,17,18,19). The van der Waals surface area contributed by atoms with Crippen LogP contribution in [0.25, 0.3) is 0 Å². The summed E-state index contributed by atoms with van der Waals surface area (Å²) in [5, 5.41) is 17.4. The molecular formula is C16H33N3O2S. The molecule has 0 aromatic heterocycles. The van der Waals surface area contributed by atoms with Crippen LogP contribution in [0.1, 0.15) is 40.0 Å². The lowest BCUT2D eigenvalue weighted by molar-refractivity contribution is 0.0301. The van der Waals surface area contributed by atoms with Crippen molar-refractivity contribution in [3.8, 4) is 0 Å². The molecule has 0 radical (unpaired) electrons. The summed E-state index contributed by atoms with van der Waals surface area (Å²) < 4.78 is 5.45. The Bertz CT molecular complexity index is 327. The molecule has 0 aromatic rings. The number of nitrogens with one attached hydrogen (secondary N) is 2. The number of aliphatic imine (C=N–C) groups is 1. The normalized spacial score (nSPS) is 23.8. The Morgan fingerprint density at radius 1 is 1.36 bits per heavy atom. The minimum Gasteiger partial charge on any atom is -0.389 e. The largest absolute Gasteiger partial charge is 0.389 e. The average Bonchev–Trinajstić information content (AvgIpc) is 2.92. The average molecular weight is 332 g/mol. The number of nitrogens with zero attached hydrogens (tertiary/aromatic N) is 1. The zero-order valence-electron chi connectivity index (χ0n) is 14.5. The molecule has 0 spiro atoms. The highest BCUT2D eigenvalue weighted by molar-refractivity contribution is 7.99. The van der Waals surface area contributed by atoms with Crippen LogP contribution in [0.3, 0.4) is 0 Å². The third kappa shape index (κ3) is 8.25. The van der Waals surface area contributed by atoms with Crippen LogP contribution in [0, 0.1) is 5.92 Å². The first-order chi connectivity index (χ1) is 10.5. The summed E-state index contributed by atoms with van der Waals surface area (Å²) in [7, 11) is 0. The molecule has 0 aliphatic heterocycles. The second-order valence-corrected chi connectivity index (χ2v) is 7.45. The summed E-state index contributed by atoms with van der Waals surface area (Å²) in [5.41, 5.74) is 0. The molecule has 5 nitrogen and oxygen atoms in total. The van der Waals surface area contributed by atoms with E-state index in [4.69, 9.17) is 4.74 Å². The summed E-state index contributed by atoms with van der Waals surface area (Å²) in [6.07, 6.45) is 5.28. The molecule has 0 aromatic carbocycles. The van der Waals surface area contributed by atoms with Gasteiger partial charge in [-0.2, -0.15) is 11.8 Å². The molecule has 1 saturated carbocycles. The highest BCUT2D eigenvalue weighted by atomic mass is 32.2. The van der Waals surface area contributed by atoms with Crippen molar-refractivity contribution < 1.29 is 9.84 Å². The van der Waals surface area contributed by atoms with E-state index in [2.05, 4.69) is 42.7 Å². The van der Waals surface area contributed by atoms with Gasteiger partial charge in [0.25, 0.3) is 0 Å². The van der Waals surface area contributed by atoms with E-state index in [1.807, 2.05) is 11.8 Å². The molecule has 3 atom stereocenters. The monoisotopic (exact) mass is 331 g/mol. The van der Waals surface area contributed by atoms with Gasteiger partial charge >= 0.3 is 0 Å². The lowest BCUT2D eigenvalue weighted by atomic mass is 10.2. The van der Waals surface area contributed by atoms with E-state index in [0.717, 1.165) is 17.8 Å². The number of guanidine groups is 1. The van der Waals surface area contributed by atoms with Gasteiger partial charge in [0, 0.05) is 24.4 Å². The number of hydrogen-bond acceptors (Lipinski definition) is 4. The third-order valence-corrected chi connectivity index (χ3v) is 4.72. The molecule has 0 heterocycles. The molecule has 22 heavy (non-hydrogen) atoms. The quantitative estimate of drug-likeness (QED) is 0.444. The highest BCUT2D eigenvalue weighted by Crippen LogP contribution is 2.27. The van der Waals surface area contributed by atoms with Crippen LogP contribution in [-0.2, 0) is 4.74 Å². The number of thioether (sulfide) groups is 1. The predicted molar refractivity (Wildman–Crippen MR) is 95.7 cm³/mol. The van der Waals surface area contributed by atoms with Gasteiger partial charge in [-0.15, -0.1) is 0 Å². The number of hydrogen-bond donors (Lipinski definition) is 3. The van der Waals surface area contributed by atoms with Gasteiger partial charge in [-0.05, 0) is 38.4 Å². The first kappa shape index (κ1) is 19.6. The third-order valence-electron chi connectivity index (χ3n) is 3.62. The fourth-order valence-corrected chi connectivity index (χ4v) is 3.28. The van der Waals surface area contributed by atoms with Gasteiger partial charge in [0.15, 0.2) is 5.96 Å². The van der Waals surface area contributed by atoms with Crippen LogP contribution in [0.15, 0.2) is 4.99 Å². The summed E-state index contributed by atoms with van der Waals surface area (Å²) in [5.74, 6) is 1.29. The molecule has 1 rings (SSSR count).